The van der Waals surface area contributed by atoms with Crippen molar-refractivity contribution in [1.29, 1.82) is 0 Å². The van der Waals surface area contributed by atoms with Crippen molar-refractivity contribution in [2.45, 2.75) is 26.4 Å². The Kier molecular flexibility index (Phi) is 5.29. The first-order chi connectivity index (χ1) is 12.3. The third-order valence-corrected chi connectivity index (χ3v) is 4.53. The molecule has 0 radical (unpaired) electrons. The number of benzene rings is 1. The van der Waals surface area contributed by atoms with Crippen LogP contribution in [0.1, 0.15) is 24.2 Å². The van der Waals surface area contributed by atoms with Gasteiger partial charge in [0.1, 0.15) is 16.9 Å². The lowest BCUT2D eigenvalue weighted by Gasteiger charge is -2.11. The van der Waals surface area contributed by atoms with Gasteiger partial charge in [0.05, 0.1) is 17.3 Å². The van der Waals surface area contributed by atoms with Gasteiger partial charge in [-0.3, -0.25) is 14.2 Å². The van der Waals surface area contributed by atoms with Gasteiger partial charge in [0, 0.05) is 18.0 Å². The Morgan fingerprint density at radius 2 is 1.96 bits per heavy atom. The zero-order valence-corrected chi connectivity index (χ0v) is 15.6. The number of hydrogen-bond donors (Lipinski definition) is 1. The molecule has 0 aliphatic heterocycles. The van der Waals surface area contributed by atoms with Gasteiger partial charge < -0.3 is 5.32 Å². The van der Waals surface area contributed by atoms with Gasteiger partial charge in [0.2, 0.25) is 5.91 Å². The summed E-state index contributed by atoms with van der Waals surface area (Å²) in [6.07, 6.45) is 3.11. The normalized spacial score (nSPS) is 12.2. The van der Waals surface area contributed by atoms with Crippen LogP contribution >= 0.6 is 23.2 Å². The molecule has 0 aliphatic rings. The molecule has 1 aromatic carbocycles. The van der Waals surface area contributed by atoms with Crippen LogP contribution in [0.25, 0.3) is 0 Å². The quantitative estimate of drug-likeness (QED) is 0.707. The molecule has 0 fully saturated rings. The molecule has 0 spiro atoms. The number of amides is 1. The van der Waals surface area contributed by atoms with E-state index in [1.165, 1.54) is 21.6 Å². The number of aryl methyl sites for hydroxylation is 1. The molecular weight excluding hydrogens is 380 g/mol. The van der Waals surface area contributed by atoms with Crippen molar-refractivity contribution in [2.24, 2.45) is 0 Å². The lowest BCUT2D eigenvalue weighted by molar-refractivity contribution is -0.119. The molecule has 0 saturated heterocycles. The van der Waals surface area contributed by atoms with Gasteiger partial charge >= 0.3 is 0 Å². The van der Waals surface area contributed by atoms with Crippen LogP contribution in [-0.2, 0) is 11.3 Å². The zero-order chi connectivity index (χ0) is 18.8. The van der Waals surface area contributed by atoms with Gasteiger partial charge in [-0.25, -0.2) is 4.39 Å². The predicted octanol–water partition coefficient (Wildman–Crippen LogP) is 4.08. The van der Waals surface area contributed by atoms with E-state index >= 15 is 0 Å². The van der Waals surface area contributed by atoms with Crippen molar-refractivity contribution in [3.63, 3.8) is 0 Å². The summed E-state index contributed by atoms with van der Waals surface area (Å²) < 4.78 is 16.7. The molecule has 0 saturated carbocycles. The molecule has 6 nitrogen and oxygen atoms in total. The van der Waals surface area contributed by atoms with Crippen LogP contribution in [0, 0.1) is 12.7 Å². The molecule has 2 heterocycles. The van der Waals surface area contributed by atoms with Gasteiger partial charge in [-0.05, 0) is 19.9 Å². The number of hydrogen-bond acceptors (Lipinski definition) is 3. The van der Waals surface area contributed by atoms with Crippen molar-refractivity contribution in [3.05, 3.63) is 63.8 Å². The van der Waals surface area contributed by atoms with Crippen molar-refractivity contribution >= 4 is 34.9 Å². The molecule has 0 bridgehead atoms. The first-order valence-corrected chi connectivity index (χ1v) is 8.59. The van der Waals surface area contributed by atoms with Crippen LogP contribution in [0.15, 0.2) is 36.7 Å². The third-order valence-electron chi connectivity index (χ3n) is 3.88. The summed E-state index contributed by atoms with van der Waals surface area (Å²) in [5, 5.41) is 11.8. The van der Waals surface area contributed by atoms with Crippen LogP contribution in [-0.4, -0.2) is 25.5 Å². The van der Waals surface area contributed by atoms with Crippen LogP contribution in [0.4, 0.5) is 10.2 Å². The van der Waals surface area contributed by atoms with E-state index in [1.54, 1.807) is 38.2 Å². The summed E-state index contributed by atoms with van der Waals surface area (Å²) in [6, 6.07) is 5.79. The Labute approximate surface area is 159 Å². The molecule has 1 N–H and O–H groups in total. The number of anilines is 1. The van der Waals surface area contributed by atoms with Gasteiger partial charge in [-0.15, -0.1) is 0 Å². The predicted molar refractivity (Wildman–Crippen MR) is 98.1 cm³/mol. The molecule has 1 amide bonds. The van der Waals surface area contributed by atoms with E-state index in [-0.39, 0.29) is 29.1 Å². The molecule has 1 unspecified atom stereocenters. The number of aromatic nitrogens is 4. The average Bonchev–Trinajstić information content (AvgIpc) is 3.11. The maximum absolute atomic E-state index is 13.8. The fraction of sp³-hybridized carbons (Fsp3) is 0.235. The highest BCUT2D eigenvalue weighted by Gasteiger charge is 2.20. The third kappa shape index (κ3) is 3.89. The first-order valence-electron chi connectivity index (χ1n) is 7.83. The topological polar surface area (TPSA) is 64.7 Å². The number of carbonyl (C=O) groups excluding carboxylic acids is 1. The van der Waals surface area contributed by atoms with E-state index in [2.05, 4.69) is 15.5 Å². The number of carbonyl (C=O) groups is 1. The van der Waals surface area contributed by atoms with E-state index in [9.17, 15) is 9.18 Å². The fourth-order valence-corrected chi connectivity index (χ4v) is 2.70. The SMILES string of the molecule is Cc1nn(C(C)C(=O)Nc2nn(Cc3ccccc3F)cc2Cl)cc1Cl. The Balaban J connectivity index is 1.73. The fourth-order valence-electron chi connectivity index (χ4n) is 2.36. The van der Waals surface area contributed by atoms with E-state index in [4.69, 9.17) is 23.2 Å². The Hall–Kier alpha value is -2.38. The van der Waals surface area contributed by atoms with E-state index in [0.717, 1.165) is 0 Å². The molecule has 2 aromatic heterocycles. The molecule has 3 rings (SSSR count). The largest absolute Gasteiger partial charge is 0.306 e. The Morgan fingerprint density at radius 1 is 1.23 bits per heavy atom. The number of halogens is 3. The van der Waals surface area contributed by atoms with Crippen LogP contribution < -0.4 is 5.32 Å². The number of nitrogens with zero attached hydrogens (tertiary/aromatic N) is 4. The standard InChI is InChI=1S/C17H16Cl2FN5O/c1-10-13(18)9-25(22-10)11(2)17(26)21-16-14(19)8-24(23-16)7-12-5-3-4-6-15(12)20/h3-6,8-9,11H,7H2,1-2H3,(H,21,23,26). The average molecular weight is 396 g/mol. The summed E-state index contributed by atoms with van der Waals surface area (Å²) in [7, 11) is 0. The summed E-state index contributed by atoms with van der Waals surface area (Å²) in [5.41, 5.74) is 1.11. The van der Waals surface area contributed by atoms with Gasteiger partial charge in [0.15, 0.2) is 5.82 Å². The second-order valence-corrected chi connectivity index (χ2v) is 6.64. The summed E-state index contributed by atoms with van der Waals surface area (Å²) in [5.74, 6) is -0.471. The maximum atomic E-state index is 13.8. The Bertz CT molecular complexity index is 933. The molecular formula is C17H16Cl2FN5O. The molecule has 0 aliphatic carbocycles. The van der Waals surface area contributed by atoms with Crippen LogP contribution in [0.5, 0.6) is 0 Å². The minimum Gasteiger partial charge on any atom is -0.306 e. The van der Waals surface area contributed by atoms with Gasteiger partial charge in [-0.2, -0.15) is 10.2 Å². The van der Waals surface area contributed by atoms with Gasteiger partial charge in [0.25, 0.3) is 0 Å². The molecule has 1 atom stereocenters. The van der Waals surface area contributed by atoms with Crippen molar-refractivity contribution in [1.82, 2.24) is 19.6 Å². The van der Waals surface area contributed by atoms with Crippen molar-refractivity contribution < 1.29 is 9.18 Å². The second kappa shape index (κ2) is 7.47. The highest BCUT2D eigenvalue weighted by Crippen LogP contribution is 2.22. The number of rotatable bonds is 5. The summed E-state index contributed by atoms with van der Waals surface area (Å²) in [4.78, 5) is 12.4. The highest BCUT2D eigenvalue weighted by molar-refractivity contribution is 6.33. The van der Waals surface area contributed by atoms with E-state index < -0.39 is 6.04 Å². The van der Waals surface area contributed by atoms with E-state index in [0.29, 0.717) is 16.3 Å². The number of nitrogens with one attached hydrogen (secondary N) is 1. The molecule has 136 valence electrons. The summed E-state index contributed by atoms with van der Waals surface area (Å²) in [6.45, 7) is 3.64. The minimum atomic E-state index is -0.603. The Morgan fingerprint density at radius 3 is 2.62 bits per heavy atom. The van der Waals surface area contributed by atoms with E-state index in [1.807, 2.05) is 0 Å². The lowest BCUT2D eigenvalue weighted by Crippen LogP contribution is -2.24. The minimum absolute atomic E-state index is 0.200. The lowest BCUT2D eigenvalue weighted by atomic mass is 10.2. The molecule has 9 heteroatoms. The maximum Gasteiger partial charge on any atom is 0.250 e. The summed E-state index contributed by atoms with van der Waals surface area (Å²) >= 11 is 12.1. The van der Waals surface area contributed by atoms with Crippen molar-refractivity contribution in [3.8, 4) is 0 Å². The molecule has 3 aromatic rings. The zero-order valence-electron chi connectivity index (χ0n) is 14.1. The highest BCUT2D eigenvalue weighted by atomic mass is 35.5. The van der Waals surface area contributed by atoms with Crippen LogP contribution in [0.2, 0.25) is 10.0 Å². The first kappa shape index (κ1) is 18.4. The second-order valence-electron chi connectivity index (χ2n) is 5.82. The van der Waals surface area contributed by atoms with Crippen LogP contribution in [0.3, 0.4) is 0 Å². The van der Waals surface area contributed by atoms with Crippen molar-refractivity contribution in [2.75, 3.05) is 5.32 Å². The molecule has 26 heavy (non-hydrogen) atoms. The monoisotopic (exact) mass is 395 g/mol. The van der Waals surface area contributed by atoms with Gasteiger partial charge in [-0.1, -0.05) is 41.4 Å². The smallest absolute Gasteiger partial charge is 0.250 e.